The largest absolute Gasteiger partial charge is 0.510 e. The molecule has 5 nitrogen and oxygen atoms in total. The number of imidazole rings is 1. The van der Waals surface area contributed by atoms with E-state index in [0.29, 0.717) is 45.0 Å². The number of aromatic nitrogens is 4. The van der Waals surface area contributed by atoms with Crippen molar-refractivity contribution in [2.24, 2.45) is 0 Å². The van der Waals surface area contributed by atoms with Crippen molar-refractivity contribution in [2.75, 3.05) is 0 Å². The third kappa shape index (κ3) is 7.22. The quantitative estimate of drug-likeness (QED) is 0.127. The Balaban J connectivity index is 0.00000724. The maximum atomic E-state index is 10.0. The Morgan fingerprint density at radius 2 is 1.25 bits per heavy atom. The van der Waals surface area contributed by atoms with Crippen LogP contribution in [-0.2, 0) is 37.3 Å². The molecule has 0 saturated carbocycles. The first kappa shape index (κ1) is 32.6. The van der Waals surface area contributed by atoms with Gasteiger partial charge in [0.05, 0.1) is 16.7 Å². The third-order valence-corrected chi connectivity index (χ3v) is 13.9. The molecule has 0 spiro atoms. The first-order chi connectivity index (χ1) is 40.2. The fraction of sp³-hybridized carbons (Fsp3) is 0.182. The van der Waals surface area contributed by atoms with Gasteiger partial charge in [0, 0.05) is 69.0 Å². The maximum Gasteiger partial charge on any atom is 0.268 e. The van der Waals surface area contributed by atoms with Crippen molar-refractivity contribution in [3.05, 3.63) is 211 Å². The van der Waals surface area contributed by atoms with E-state index in [-0.39, 0.29) is 54.6 Å². The van der Waals surface area contributed by atoms with Crippen LogP contribution < -0.4 is 9.30 Å². The summed E-state index contributed by atoms with van der Waals surface area (Å²) in [6.45, 7) is -6.38. The Hall–Kier alpha value is -7.33. The van der Waals surface area contributed by atoms with Crippen LogP contribution in [0.5, 0.6) is 11.5 Å². The standard InChI is InChI=1S/C66H54N4O.Pt/c1-64(2,3)42-33-36-67-60(37-42)70-56-28-15-14-26-51(56)52-32-31-45(39-59(52)70)71-44-20-18-19-43(38-44)68-41-69(58-30-17-16-29-57(58)68)63-61-53-27-13-12-24-49(53)47-22-9-8-21-46(47)48-23-10-11-25-50(48)54(61)40-55-62(63)66(6,7)35-34-65(55,4)5;/h8-33,36-37,40H,34-35H2,1-7H3;/q-2;/i4D,5D3,6D3,7D3,34D2,35D2;. The molecule has 0 bridgehead atoms. The summed E-state index contributed by atoms with van der Waals surface area (Å²) in [6, 6.07) is 58.6. The molecule has 1 atom stereocenters. The second-order valence-electron chi connectivity index (χ2n) is 19.5. The van der Waals surface area contributed by atoms with Crippen molar-refractivity contribution in [1.82, 2.24) is 14.1 Å². The van der Waals surface area contributed by atoms with Crippen molar-refractivity contribution in [3.63, 3.8) is 0 Å². The summed E-state index contributed by atoms with van der Waals surface area (Å²) in [7, 11) is 0. The second kappa shape index (κ2) is 16.9. The number of fused-ring (bicyclic) bond motifs is 13. The number of benzene rings is 8. The fourth-order valence-electron chi connectivity index (χ4n) is 10.6. The Bertz CT molecular complexity index is 4540. The normalized spacial score (nSPS) is 20.4. The first-order valence-corrected chi connectivity index (χ1v) is 23.6. The molecular formula is C66H54N4OPt-2. The van der Waals surface area contributed by atoms with Gasteiger partial charge in [0.25, 0.3) is 6.33 Å². The molecule has 11 aromatic rings. The van der Waals surface area contributed by atoms with E-state index in [2.05, 4.69) is 55.9 Å². The molecule has 1 unspecified atom stereocenters. The molecule has 356 valence electrons. The Kier molecular flexibility index (Phi) is 7.65. The molecule has 0 fully saturated rings. The van der Waals surface area contributed by atoms with Crippen LogP contribution in [-0.4, -0.2) is 14.1 Å². The van der Waals surface area contributed by atoms with Gasteiger partial charge in [-0.05, 0) is 114 Å². The van der Waals surface area contributed by atoms with Crippen molar-refractivity contribution in [2.45, 2.75) is 77.2 Å². The minimum atomic E-state index is -4.08. The minimum Gasteiger partial charge on any atom is -0.510 e. The monoisotopic (exact) mass is 1130 g/mol. The Morgan fingerprint density at radius 1 is 0.625 bits per heavy atom. The molecule has 0 radical (unpaired) electrons. The SMILES string of the molecule is [2H]CC1(C([2H])([2H])[2H])c2cc3c(c(-[n+]4[c-]n(-c5[c-]c(Oc6[c-]c7c(cc6)c6ccccc6n7-c6cc(C(C)(C)C)ccn6)ccc5)c5ccccc54)c2C(C([2H])([2H])[2H])(C([2H])([2H])[2H])C([2H])([2H])C1([2H])[2H])-c1ccccc1-c1ccccc1-c1ccccc1-3.[Pt]. The van der Waals surface area contributed by atoms with E-state index < -0.39 is 62.2 Å². The molecular weight excluding hydrogens is 1060 g/mol. The second-order valence-corrected chi connectivity index (χ2v) is 19.5. The van der Waals surface area contributed by atoms with Crippen LogP contribution in [0.3, 0.4) is 0 Å². The van der Waals surface area contributed by atoms with Crippen molar-refractivity contribution in [1.29, 1.82) is 0 Å². The average molecular weight is 1130 g/mol. The number of hydrogen-bond acceptors (Lipinski definition) is 2. The van der Waals surface area contributed by atoms with Gasteiger partial charge in [0.2, 0.25) is 0 Å². The topological polar surface area (TPSA) is 35.9 Å². The minimum absolute atomic E-state index is 0. The van der Waals surface area contributed by atoms with E-state index in [1.807, 2.05) is 84.9 Å². The summed E-state index contributed by atoms with van der Waals surface area (Å²) in [6.07, 6.45) is -2.71. The van der Waals surface area contributed by atoms with E-state index in [9.17, 15) is 19.2 Å². The van der Waals surface area contributed by atoms with Gasteiger partial charge >= 0.3 is 0 Å². The van der Waals surface area contributed by atoms with Crippen LogP contribution in [0.1, 0.15) is 96.9 Å². The molecule has 6 heteroatoms. The predicted octanol–water partition coefficient (Wildman–Crippen LogP) is 16.2. The zero-order valence-electron chi connectivity index (χ0n) is 53.5. The molecule has 3 aromatic heterocycles. The third-order valence-electron chi connectivity index (χ3n) is 13.9. The molecule has 0 saturated heterocycles. The number of rotatable bonds is 5. The number of pyridine rings is 1. The van der Waals surface area contributed by atoms with E-state index in [1.165, 1.54) is 10.6 Å². The van der Waals surface area contributed by atoms with Gasteiger partial charge in [-0.2, -0.15) is 18.2 Å². The molecule has 2 aliphatic rings. The van der Waals surface area contributed by atoms with Crippen molar-refractivity contribution >= 4 is 32.8 Å². The van der Waals surface area contributed by atoms with E-state index in [0.717, 1.165) is 38.5 Å². The van der Waals surface area contributed by atoms with Crippen LogP contribution in [0, 0.1) is 18.5 Å². The average Bonchev–Trinajstić information content (AvgIpc) is 0.696. The number of nitrogens with zero attached hydrogens (tertiary/aromatic N) is 4. The first-order valence-electron chi connectivity index (χ1n) is 30.8. The summed E-state index contributed by atoms with van der Waals surface area (Å²) in [4.78, 5) is 4.82. The van der Waals surface area contributed by atoms with Crippen LogP contribution in [0.4, 0.5) is 0 Å². The van der Waals surface area contributed by atoms with Crippen LogP contribution in [0.15, 0.2) is 176 Å². The summed E-state index contributed by atoms with van der Waals surface area (Å²) in [5.41, 5.74) is -0.944. The summed E-state index contributed by atoms with van der Waals surface area (Å²) < 4.78 is 146. The van der Waals surface area contributed by atoms with Gasteiger partial charge < -0.3 is 13.9 Å². The van der Waals surface area contributed by atoms with Crippen molar-refractivity contribution < 1.29 is 49.6 Å². The fourth-order valence-corrected chi connectivity index (χ4v) is 10.6. The van der Waals surface area contributed by atoms with Crippen LogP contribution in [0.25, 0.3) is 94.5 Å². The van der Waals surface area contributed by atoms with Gasteiger partial charge in [0.1, 0.15) is 5.82 Å². The Labute approximate surface area is 456 Å². The van der Waals surface area contributed by atoms with Crippen LogP contribution in [0.2, 0.25) is 0 Å². The summed E-state index contributed by atoms with van der Waals surface area (Å²) in [5.74, 6) is 1.32. The molecule has 0 amide bonds. The van der Waals surface area contributed by atoms with Gasteiger partial charge in [-0.3, -0.25) is 4.57 Å². The molecule has 13 rings (SSSR count). The molecule has 0 N–H and O–H groups in total. The van der Waals surface area contributed by atoms with Gasteiger partial charge in [-0.1, -0.05) is 175 Å². The predicted molar refractivity (Wildman–Crippen MR) is 289 cm³/mol. The molecule has 3 heterocycles. The zero-order valence-corrected chi connectivity index (χ0v) is 41.7. The molecule has 2 aliphatic carbocycles. The molecule has 8 aromatic carbocycles. The molecule has 72 heavy (non-hydrogen) atoms. The number of hydrogen-bond donors (Lipinski definition) is 0. The van der Waals surface area contributed by atoms with Gasteiger partial charge in [-0.25, -0.2) is 4.98 Å². The zero-order chi connectivity index (χ0) is 60.2. The van der Waals surface area contributed by atoms with E-state index in [1.54, 1.807) is 77.5 Å². The smallest absolute Gasteiger partial charge is 0.268 e. The summed E-state index contributed by atoms with van der Waals surface area (Å²) in [5, 5.41) is 1.93. The van der Waals surface area contributed by atoms with E-state index >= 15 is 0 Å². The maximum absolute atomic E-state index is 10.0. The molecule has 0 aliphatic heterocycles. The van der Waals surface area contributed by atoms with Crippen LogP contribution >= 0.6 is 0 Å². The van der Waals surface area contributed by atoms with Crippen molar-refractivity contribution in [3.8, 4) is 73.2 Å². The number of ether oxygens (including phenoxy) is 1. The Morgan fingerprint density at radius 3 is 1.96 bits per heavy atom. The summed E-state index contributed by atoms with van der Waals surface area (Å²) >= 11 is 0. The van der Waals surface area contributed by atoms with Gasteiger partial charge in [0.15, 0.2) is 0 Å². The van der Waals surface area contributed by atoms with E-state index in [4.69, 9.17) is 9.72 Å². The number of para-hydroxylation sites is 3. The van der Waals surface area contributed by atoms with Gasteiger partial charge in [-0.15, -0.1) is 29.7 Å².